The van der Waals surface area contributed by atoms with Crippen molar-refractivity contribution in [1.29, 1.82) is 0 Å². The minimum Gasteiger partial charge on any atom is -0.381 e. The van der Waals surface area contributed by atoms with E-state index in [1.54, 1.807) is 10.4 Å². The summed E-state index contributed by atoms with van der Waals surface area (Å²) < 4.78 is 36.9. The molecule has 2 aliphatic heterocycles. The Morgan fingerprint density at radius 2 is 1.90 bits per heavy atom. The van der Waals surface area contributed by atoms with Gasteiger partial charge in [0, 0.05) is 38.3 Å². The molecule has 7 nitrogen and oxygen atoms in total. The van der Waals surface area contributed by atoms with Gasteiger partial charge in [0.2, 0.25) is 10.0 Å². The van der Waals surface area contributed by atoms with Gasteiger partial charge in [0.15, 0.2) is 0 Å². The van der Waals surface area contributed by atoms with Crippen molar-refractivity contribution in [3.8, 4) is 0 Å². The quantitative estimate of drug-likeness (QED) is 0.748. The maximum Gasteiger partial charge on any atom is 0.243 e. The van der Waals surface area contributed by atoms with E-state index in [0.29, 0.717) is 37.2 Å². The lowest BCUT2D eigenvalue weighted by Crippen LogP contribution is -2.37. The molecule has 1 unspecified atom stereocenters. The van der Waals surface area contributed by atoms with Gasteiger partial charge in [-0.25, -0.2) is 8.42 Å². The molecule has 1 atom stereocenters. The summed E-state index contributed by atoms with van der Waals surface area (Å²) >= 11 is 0. The SMILES string of the molecule is O=S(=O)(c1ccc2c(c1)CCC2)N1CC(c2nncn2C2CC2)C2(CCOCC2)C1. The first-order valence-electron chi connectivity index (χ1n) is 11.2. The Balaban J connectivity index is 1.37. The molecule has 0 amide bonds. The van der Waals surface area contributed by atoms with Crippen LogP contribution in [0, 0.1) is 5.41 Å². The Morgan fingerprint density at radius 1 is 1.10 bits per heavy atom. The number of fused-ring (bicyclic) bond motifs is 1. The zero-order valence-electron chi connectivity index (χ0n) is 17.2. The smallest absolute Gasteiger partial charge is 0.243 e. The van der Waals surface area contributed by atoms with Crippen molar-refractivity contribution in [1.82, 2.24) is 19.1 Å². The fourth-order valence-corrected chi connectivity index (χ4v) is 7.34. The van der Waals surface area contributed by atoms with E-state index >= 15 is 0 Å². The van der Waals surface area contributed by atoms with Crippen LogP contribution < -0.4 is 0 Å². The van der Waals surface area contributed by atoms with Gasteiger partial charge in [0.25, 0.3) is 0 Å². The molecule has 2 aliphatic carbocycles. The topological polar surface area (TPSA) is 77.3 Å². The molecule has 1 spiro atoms. The van der Waals surface area contributed by atoms with E-state index in [1.807, 2.05) is 18.5 Å². The number of rotatable bonds is 4. The largest absolute Gasteiger partial charge is 0.381 e. The molecule has 160 valence electrons. The average Bonchev–Trinajstić information content (AvgIpc) is 3.15. The Hall–Kier alpha value is -1.77. The second-order valence-corrected chi connectivity index (χ2v) is 11.4. The summed E-state index contributed by atoms with van der Waals surface area (Å²) in [6.45, 7) is 2.38. The third-order valence-corrected chi connectivity index (χ3v) is 9.47. The minimum atomic E-state index is -3.54. The van der Waals surface area contributed by atoms with Crippen molar-refractivity contribution in [2.75, 3.05) is 26.3 Å². The van der Waals surface area contributed by atoms with Crippen LogP contribution >= 0.6 is 0 Å². The number of hydrogen-bond acceptors (Lipinski definition) is 5. The van der Waals surface area contributed by atoms with Gasteiger partial charge >= 0.3 is 0 Å². The zero-order valence-corrected chi connectivity index (χ0v) is 18.0. The number of aryl methyl sites for hydroxylation is 2. The van der Waals surface area contributed by atoms with Crippen LogP contribution in [0.4, 0.5) is 0 Å². The third kappa shape index (κ3) is 2.95. The zero-order chi connectivity index (χ0) is 20.3. The van der Waals surface area contributed by atoms with Gasteiger partial charge < -0.3 is 9.30 Å². The fourth-order valence-electron chi connectivity index (χ4n) is 5.74. The highest BCUT2D eigenvalue weighted by Gasteiger charge is 2.53. The van der Waals surface area contributed by atoms with Gasteiger partial charge in [-0.05, 0) is 73.6 Å². The lowest BCUT2D eigenvalue weighted by molar-refractivity contribution is 0.0129. The van der Waals surface area contributed by atoms with E-state index in [4.69, 9.17) is 4.74 Å². The van der Waals surface area contributed by atoms with E-state index in [-0.39, 0.29) is 11.3 Å². The normalized spacial score (nSPS) is 26.3. The van der Waals surface area contributed by atoms with Gasteiger partial charge in [-0.3, -0.25) is 0 Å². The standard InChI is InChI=1S/C22H28N4O3S/c27-30(28,19-7-4-16-2-1-3-17(16)12-19)25-13-20(22(14-25)8-10-29-11-9-22)21-24-23-15-26(21)18-5-6-18/h4,7,12,15,18,20H,1-3,5-6,8-11,13-14H2. The van der Waals surface area contributed by atoms with E-state index < -0.39 is 10.0 Å². The molecular weight excluding hydrogens is 400 g/mol. The van der Waals surface area contributed by atoms with E-state index in [2.05, 4.69) is 14.8 Å². The lowest BCUT2D eigenvalue weighted by atomic mass is 9.72. The summed E-state index contributed by atoms with van der Waals surface area (Å²) in [7, 11) is -3.54. The molecular formula is C22H28N4O3S. The molecule has 2 saturated heterocycles. The molecule has 1 aromatic carbocycles. The van der Waals surface area contributed by atoms with Crippen LogP contribution in [-0.2, 0) is 27.6 Å². The number of benzene rings is 1. The molecule has 8 heteroatoms. The Kier molecular flexibility index (Phi) is 4.34. The molecule has 4 aliphatic rings. The maximum absolute atomic E-state index is 13.7. The van der Waals surface area contributed by atoms with E-state index in [1.165, 1.54) is 11.1 Å². The van der Waals surface area contributed by atoms with Crippen molar-refractivity contribution >= 4 is 10.0 Å². The van der Waals surface area contributed by atoms with Crippen molar-refractivity contribution in [2.45, 2.75) is 61.8 Å². The number of hydrogen-bond donors (Lipinski definition) is 0. The van der Waals surface area contributed by atoms with Gasteiger partial charge in [0.1, 0.15) is 12.2 Å². The first-order chi connectivity index (χ1) is 14.6. The minimum absolute atomic E-state index is 0.0636. The predicted octanol–water partition coefficient (Wildman–Crippen LogP) is 2.69. The van der Waals surface area contributed by atoms with Crippen molar-refractivity contribution in [3.63, 3.8) is 0 Å². The summed E-state index contributed by atoms with van der Waals surface area (Å²) in [6.07, 6.45) is 9.03. The number of aromatic nitrogens is 3. The molecule has 1 saturated carbocycles. The maximum atomic E-state index is 13.7. The third-order valence-electron chi connectivity index (χ3n) is 7.67. The van der Waals surface area contributed by atoms with Gasteiger partial charge in [0.05, 0.1) is 4.90 Å². The average molecular weight is 429 g/mol. The predicted molar refractivity (Wildman–Crippen MR) is 111 cm³/mol. The first kappa shape index (κ1) is 19.0. The highest BCUT2D eigenvalue weighted by atomic mass is 32.2. The Bertz CT molecular complexity index is 1070. The summed E-state index contributed by atoms with van der Waals surface area (Å²) in [5.41, 5.74) is 2.37. The van der Waals surface area contributed by atoms with Crippen LogP contribution in [0.15, 0.2) is 29.4 Å². The van der Waals surface area contributed by atoms with Crippen LogP contribution in [0.3, 0.4) is 0 Å². The van der Waals surface area contributed by atoms with Crippen LogP contribution in [0.5, 0.6) is 0 Å². The van der Waals surface area contributed by atoms with E-state index in [9.17, 15) is 8.42 Å². The monoisotopic (exact) mass is 428 g/mol. The molecule has 0 bridgehead atoms. The number of nitrogens with zero attached hydrogens (tertiary/aromatic N) is 4. The molecule has 0 N–H and O–H groups in total. The summed E-state index contributed by atoms with van der Waals surface area (Å²) in [5.74, 6) is 1.03. The van der Waals surface area contributed by atoms with Crippen LogP contribution in [0.1, 0.15) is 61.0 Å². The molecule has 3 fully saturated rings. The molecule has 30 heavy (non-hydrogen) atoms. The van der Waals surface area contributed by atoms with Crippen molar-refractivity contribution in [2.24, 2.45) is 5.41 Å². The first-order valence-corrected chi connectivity index (χ1v) is 12.6. The van der Waals surface area contributed by atoms with Crippen molar-refractivity contribution < 1.29 is 13.2 Å². The molecule has 2 aromatic rings. The summed E-state index contributed by atoms with van der Waals surface area (Å²) in [4.78, 5) is 0.440. The molecule has 6 rings (SSSR count). The Morgan fingerprint density at radius 3 is 2.70 bits per heavy atom. The van der Waals surface area contributed by atoms with Crippen LogP contribution in [0.2, 0.25) is 0 Å². The summed E-state index contributed by atoms with van der Waals surface area (Å²) in [6, 6.07) is 6.20. The van der Waals surface area contributed by atoms with E-state index in [0.717, 1.165) is 50.8 Å². The number of sulfonamides is 1. The van der Waals surface area contributed by atoms with Gasteiger partial charge in [-0.2, -0.15) is 4.31 Å². The molecule has 1 aromatic heterocycles. The second kappa shape index (κ2) is 6.87. The van der Waals surface area contributed by atoms with Crippen LogP contribution in [0.25, 0.3) is 0 Å². The van der Waals surface area contributed by atoms with Crippen molar-refractivity contribution in [3.05, 3.63) is 41.5 Å². The number of ether oxygens (including phenoxy) is 1. The lowest BCUT2D eigenvalue weighted by Gasteiger charge is -2.37. The fraction of sp³-hybridized carbons (Fsp3) is 0.636. The molecule has 0 radical (unpaired) electrons. The Labute approximate surface area is 177 Å². The highest BCUT2D eigenvalue weighted by Crippen LogP contribution is 2.51. The van der Waals surface area contributed by atoms with Gasteiger partial charge in [-0.15, -0.1) is 10.2 Å². The summed E-state index contributed by atoms with van der Waals surface area (Å²) in [5, 5.41) is 8.70. The van der Waals surface area contributed by atoms with Gasteiger partial charge in [-0.1, -0.05) is 6.07 Å². The van der Waals surface area contributed by atoms with Crippen LogP contribution in [-0.4, -0.2) is 53.8 Å². The second-order valence-electron chi connectivity index (χ2n) is 9.44. The molecule has 3 heterocycles. The highest BCUT2D eigenvalue weighted by molar-refractivity contribution is 7.89.